The summed E-state index contributed by atoms with van der Waals surface area (Å²) in [7, 11) is 0.891. The highest BCUT2D eigenvalue weighted by atomic mass is 28.1. The van der Waals surface area contributed by atoms with Gasteiger partial charge in [0.1, 0.15) is 0 Å². The van der Waals surface area contributed by atoms with Gasteiger partial charge in [0.15, 0.2) is 0 Å². The molecule has 1 aliphatic heterocycles. The average Bonchev–Trinajstić information content (AvgIpc) is 1.89. The largest absolute Gasteiger partial charge is 0.376 e. The molecule has 1 fully saturated rings. The van der Waals surface area contributed by atoms with E-state index in [1.807, 2.05) is 0 Å². The van der Waals surface area contributed by atoms with E-state index in [0.717, 1.165) is 29.7 Å². The van der Waals surface area contributed by atoms with Crippen molar-refractivity contribution in [2.45, 2.75) is 24.5 Å². The van der Waals surface area contributed by atoms with Gasteiger partial charge in [-0.1, -0.05) is 0 Å². The van der Waals surface area contributed by atoms with Crippen LogP contribution in [0.1, 0.15) is 19.3 Å². The SMILES string of the molecule is FC=CC1([SiH3])CCCCO1. The third kappa shape index (κ3) is 1.92. The first kappa shape index (κ1) is 7.95. The number of hydrogen-bond donors (Lipinski definition) is 0. The van der Waals surface area contributed by atoms with E-state index in [-0.39, 0.29) is 5.22 Å². The zero-order chi connectivity index (χ0) is 7.45. The fraction of sp³-hybridized carbons (Fsp3) is 0.714. The lowest BCUT2D eigenvalue weighted by atomic mass is 10.1. The maximum absolute atomic E-state index is 11.8. The molecule has 0 amide bonds. The lowest BCUT2D eigenvalue weighted by Gasteiger charge is -2.30. The van der Waals surface area contributed by atoms with Gasteiger partial charge in [-0.3, -0.25) is 0 Å². The van der Waals surface area contributed by atoms with E-state index in [4.69, 9.17) is 4.74 Å². The van der Waals surface area contributed by atoms with Crippen molar-refractivity contribution in [3.05, 3.63) is 12.4 Å². The first-order valence-electron chi connectivity index (χ1n) is 3.69. The molecule has 3 heteroatoms. The van der Waals surface area contributed by atoms with Crippen LogP contribution in [0.5, 0.6) is 0 Å². The molecule has 1 rings (SSSR count). The Morgan fingerprint density at radius 1 is 1.50 bits per heavy atom. The van der Waals surface area contributed by atoms with Crippen molar-refractivity contribution in [1.29, 1.82) is 0 Å². The summed E-state index contributed by atoms with van der Waals surface area (Å²) in [6.45, 7) is 0.799. The number of ether oxygens (including phenoxy) is 1. The quantitative estimate of drug-likeness (QED) is 0.514. The smallest absolute Gasteiger partial charge is 0.0851 e. The minimum atomic E-state index is -0.188. The van der Waals surface area contributed by atoms with Crippen molar-refractivity contribution >= 4 is 10.2 Å². The van der Waals surface area contributed by atoms with Gasteiger partial charge in [-0.05, 0) is 25.3 Å². The summed E-state index contributed by atoms with van der Waals surface area (Å²) in [5.74, 6) is 0. The lowest BCUT2D eigenvalue weighted by Crippen LogP contribution is -2.34. The first-order valence-corrected chi connectivity index (χ1v) is 4.69. The van der Waals surface area contributed by atoms with Gasteiger partial charge in [-0.2, -0.15) is 0 Å². The zero-order valence-corrected chi connectivity index (χ0v) is 8.27. The van der Waals surface area contributed by atoms with E-state index in [9.17, 15) is 4.39 Å². The zero-order valence-electron chi connectivity index (χ0n) is 6.27. The van der Waals surface area contributed by atoms with Crippen LogP contribution in [0.4, 0.5) is 4.39 Å². The van der Waals surface area contributed by atoms with Crippen LogP contribution in [0.2, 0.25) is 0 Å². The normalized spacial score (nSPS) is 35.3. The molecule has 0 aliphatic carbocycles. The first-order chi connectivity index (χ1) is 4.77. The molecule has 1 nitrogen and oxygen atoms in total. The Labute approximate surface area is 63.7 Å². The van der Waals surface area contributed by atoms with Crippen LogP contribution in [-0.4, -0.2) is 22.1 Å². The van der Waals surface area contributed by atoms with E-state index < -0.39 is 0 Å². The molecule has 0 radical (unpaired) electrons. The van der Waals surface area contributed by atoms with Gasteiger partial charge in [-0.15, -0.1) is 0 Å². The van der Waals surface area contributed by atoms with Crippen LogP contribution >= 0.6 is 0 Å². The maximum atomic E-state index is 11.8. The molecular formula is C7H13FOSi. The second-order valence-electron chi connectivity index (χ2n) is 2.91. The molecule has 0 aromatic carbocycles. The highest BCUT2D eigenvalue weighted by Gasteiger charge is 2.23. The Kier molecular flexibility index (Phi) is 2.62. The Morgan fingerprint density at radius 3 is 2.80 bits per heavy atom. The molecule has 0 N–H and O–H groups in total. The molecule has 1 saturated heterocycles. The highest BCUT2D eigenvalue weighted by Crippen LogP contribution is 2.22. The summed E-state index contributed by atoms with van der Waals surface area (Å²) in [5, 5.41) is -0.188. The standard InChI is InChI=1S/C7H13FOSi/c8-5-4-7(10)3-1-2-6-9-7/h4-5H,1-3,6H2,10H3. The molecule has 0 aromatic rings. The summed E-state index contributed by atoms with van der Waals surface area (Å²) in [6, 6.07) is 0. The maximum Gasteiger partial charge on any atom is 0.0851 e. The Balaban J connectivity index is 2.48. The summed E-state index contributed by atoms with van der Waals surface area (Å²) in [6.07, 6.45) is 5.47. The van der Waals surface area contributed by atoms with Crippen LogP contribution < -0.4 is 0 Å². The Hall–Kier alpha value is -0.153. The number of halogens is 1. The van der Waals surface area contributed by atoms with Crippen molar-refractivity contribution in [2.24, 2.45) is 0 Å². The average molecular weight is 160 g/mol. The molecule has 58 valence electrons. The van der Waals surface area contributed by atoms with E-state index in [2.05, 4.69) is 0 Å². The van der Waals surface area contributed by atoms with Crippen LogP contribution in [0.3, 0.4) is 0 Å². The lowest BCUT2D eigenvalue weighted by molar-refractivity contribution is 0.0148. The van der Waals surface area contributed by atoms with Crippen LogP contribution in [0.15, 0.2) is 12.4 Å². The molecule has 1 aliphatic rings. The van der Waals surface area contributed by atoms with Crippen LogP contribution in [0, 0.1) is 0 Å². The summed E-state index contributed by atoms with van der Waals surface area (Å²) in [5.41, 5.74) is 0. The molecule has 0 saturated carbocycles. The Bertz CT molecular complexity index is 130. The van der Waals surface area contributed by atoms with Crippen molar-refractivity contribution in [3.8, 4) is 0 Å². The predicted octanol–water partition coefficient (Wildman–Crippen LogP) is 0.732. The van der Waals surface area contributed by atoms with E-state index in [0.29, 0.717) is 6.33 Å². The van der Waals surface area contributed by atoms with Crippen molar-refractivity contribution in [1.82, 2.24) is 0 Å². The second-order valence-corrected chi connectivity index (χ2v) is 4.60. The molecule has 0 aromatic heterocycles. The minimum absolute atomic E-state index is 0.188. The predicted molar refractivity (Wildman–Crippen MR) is 42.7 cm³/mol. The molecular weight excluding hydrogens is 147 g/mol. The topological polar surface area (TPSA) is 9.23 Å². The van der Waals surface area contributed by atoms with E-state index in [1.165, 1.54) is 6.42 Å². The molecule has 1 heterocycles. The molecule has 1 unspecified atom stereocenters. The Morgan fingerprint density at radius 2 is 2.30 bits per heavy atom. The van der Waals surface area contributed by atoms with Gasteiger partial charge < -0.3 is 4.74 Å². The minimum Gasteiger partial charge on any atom is -0.376 e. The van der Waals surface area contributed by atoms with Crippen LogP contribution in [-0.2, 0) is 4.74 Å². The number of rotatable bonds is 1. The third-order valence-corrected chi connectivity index (χ3v) is 3.04. The molecule has 0 bridgehead atoms. The molecule has 10 heavy (non-hydrogen) atoms. The van der Waals surface area contributed by atoms with Crippen molar-refractivity contribution < 1.29 is 9.13 Å². The fourth-order valence-corrected chi connectivity index (χ4v) is 1.90. The third-order valence-electron chi connectivity index (χ3n) is 1.91. The van der Waals surface area contributed by atoms with Gasteiger partial charge in [0.05, 0.1) is 11.6 Å². The van der Waals surface area contributed by atoms with E-state index in [1.54, 1.807) is 6.08 Å². The van der Waals surface area contributed by atoms with Gasteiger partial charge in [0, 0.05) is 16.8 Å². The van der Waals surface area contributed by atoms with Gasteiger partial charge in [0.2, 0.25) is 0 Å². The van der Waals surface area contributed by atoms with Crippen molar-refractivity contribution in [2.75, 3.05) is 6.61 Å². The summed E-state index contributed by atoms with van der Waals surface area (Å²) < 4.78 is 17.2. The van der Waals surface area contributed by atoms with E-state index >= 15 is 0 Å². The summed E-state index contributed by atoms with van der Waals surface area (Å²) >= 11 is 0. The molecule has 0 spiro atoms. The van der Waals surface area contributed by atoms with Gasteiger partial charge >= 0.3 is 0 Å². The highest BCUT2D eigenvalue weighted by molar-refractivity contribution is 6.16. The number of hydrogen-bond acceptors (Lipinski definition) is 1. The van der Waals surface area contributed by atoms with Gasteiger partial charge in [0.25, 0.3) is 0 Å². The monoisotopic (exact) mass is 160 g/mol. The van der Waals surface area contributed by atoms with Gasteiger partial charge in [-0.25, -0.2) is 4.39 Å². The van der Waals surface area contributed by atoms with Crippen LogP contribution in [0.25, 0.3) is 0 Å². The second kappa shape index (κ2) is 3.30. The summed E-state index contributed by atoms with van der Waals surface area (Å²) in [4.78, 5) is 0. The molecule has 1 atom stereocenters. The van der Waals surface area contributed by atoms with Crippen molar-refractivity contribution in [3.63, 3.8) is 0 Å². The fourth-order valence-electron chi connectivity index (χ4n) is 1.22.